The fourth-order valence-electron chi connectivity index (χ4n) is 0.414. The van der Waals surface area contributed by atoms with Crippen molar-refractivity contribution in [3.8, 4) is 0 Å². The Bertz CT molecular complexity index is 211. The maximum Gasteiger partial charge on any atom is 0.321 e. The predicted octanol–water partition coefficient (Wildman–Crippen LogP) is 0.386. The Morgan fingerprint density at radius 2 is 2.10 bits per heavy atom. The summed E-state index contributed by atoms with van der Waals surface area (Å²) in [4.78, 5) is 10.5. The topological polar surface area (TPSA) is 63.2 Å². The number of carbonyl (C=O) groups excluding carboxylic acids is 1. The Kier molecular flexibility index (Phi) is 3.67. The highest BCUT2D eigenvalue weighted by atomic mass is 35.7. The summed E-state index contributed by atoms with van der Waals surface area (Å²) in [6.07, 6.45) is 0.768. The highest BCUT2D eigenvalue weighted by Gasteiger charge is 2.07. The lowest BCUT2D eigenvalue weighted by molar-refractivity contribution is -0.119. The standard InChI is InChI=1S/C4H8ClNO3S/c1-2-3-4(7)6-10(5,8)9/h2-3H2,1H3,(H,6,7). The molecule has 1 amide bonds. The molecule has 0 aromatic rings. The summed E-state index contributed by atoms with van der Waals surface area (Å²) in [5.74, 6) is -0.572. The predicted molar refractivity (Wildman–Crippen MR) is 37.8 cm³/mol. The Balaban J connectivity index is 3.82. The zero-order valence-corrected chi connectivity index (χ0v) is 7.00. The molecule has 6 heteroatoms. The molecule has 1 N–H and O–H groups in total. The number of rotatable bonds is 3. The van der Waals surface area contributed by atoms with Gasteiger partial charge in [0, 0.05) is 17.1 Å². The summed E-state index contributed by atoms with van der Waals surface area (Å²) in [5.41, 5.74) is 0. The summed E-state index contributed by atoms with van der Waals surface area (Å²) in [5, 5.41) is 0. The zero-order chi connectivity index (χ0) is 8.20. The van der Waals surface area contributed by atoms with Crippen LogP contribution in [0.25, 0.3) is 0 Å². The van der Waals surface area contributed by atoms with Crippen LogP contribution in [0.4, 0.5) is 0 Å². The highest BCUT2D eigenvalue weighted by Crippen LogP contribution is 1.92. The molecule has 0 aromatic heterocycles. The molecule has 0 heterocycles. The van der Waals surface area contributed by atoms with Gasteiger partial charge < -0.3 is 0 Å². The van der Waals surface area contributed by atoms with Crippen LogP contribution in [0.5, 0.6) is 0 Å². The van der Waals surface area contributed by atoms with Crippen molar-refractivity contribution in [1.29, 1.82) is 0 Å². The third kappa shape index (κ3) is 5.84. The molecule has 0 saturated heterocycles. The first-order chi connectivity index (χ1) is 4.45. The molecule has 0 rings (SSSR count). The molecule has 4 nitrogen and oxygen atoms in total. The van der Waals surface area contributed by atoms with Gasteiger partial charge in [0.25, 0.3) is 0 Å². The van der Waals surface area contributed by atoms with E-state index in [0.717, 1.165) is 0 Å². The lowest BCUT2D eigenvalue weighted by Crippen LogP contribution is -2.25. The molecule has 0 unspecified atom stereocenters. The van der Waals surface area contributed by atoms with E-state index in [1.54, 1.807) is 11.6 Å². The molecule has 0 bridgehead atoms. The van der Waals surface area contributed by atoms with E-state index in [-0.39, 0.29) is 6.42 Å². The van der Waals surface area contributed by atoms with Gasteiger partial charge in [0.05, 0.1) is 0 Å². The number of halogens is 1. The van der Waals surface area contributed by atoms with Gasteiger partial charge in [-0.3, -0.25) is 4.79 Å². The molecule has 0 aromatic carbocycles. The monoisotopic (exact) mass is 185 g/mol. The van der Waals surface area contributed by atoms with Gasteiger partial charge >= 0.3 is 9.24 Å². The average Bonchev–Trinajstić information content (AvgIpc) is 1.59. The molecule has 0 aliphatic heterocycles. The summed E-state index contributed by atoms with van der Waals surface area (Å²) >= 11 is 0. The summed E-state index contributed by atoms with van der Waals surface area (Å²) < 4.78 is 21.9. The van der Waals surface area contributed by atoms with Crippen LogP contribution >= 0.6 is 10.7 Å². The van der Waals surface area contributed by atoms with E-state index in [0.29, 0.717) is 6.42 Å². The normalized spacial score (nSPS) is 11.0. The SMILES string of the molecule is CCCC(=O)NS(=O)(=O)Cl. The van der Waals surface area contributed by atoms with E-state index in [4.69, 9.17) is 10.7 Å². The molecule has 0 fully saturated rings. The van der Waals surface area contributed by atoms with Crippen molar-refractivity contribution in [2.75, 3.05) is 0 Å². The van der Waals surface area contributed by atoms with Crippen LogP contribution in [0, 0.1) is 0 Å². The second-order valence-electron chi connectivity index (χ2n) is 1.71. The van der Waals surface area contributed by atoms with Gasteiger partial charge in [-0.25, -0.2) is 4.72 Å². The van der Waals surface area contributed by atoms with Crippen LogP contribution in [0.15, 0.2) is 0 Å². The Labute approximate surface area is 64.1 Å². The van der Waals surface area contributed by atoms with Crippen LogP contribution in [-0.2, 0) is 14.0 Å². The third-order valence-corrected chi connectivity index (χ3v) is 1.42. The van der Waals surface area contributed by atoms with Gasteiger partial charge in [-0.2, -0.15) is 8.42 Å². The minimum absolute atomic E-state index is 0.173. The van der Waals surface area contributed by atoms with E-state index in [1.807, 2.05) is 0 Å². The van der Waals surface area contributed by atoms with Crippen LogP contribution in [0.1, 0.15) is 19.8 Å². The molecule has 0 saturated carbocycles. The summed E-state index contributed by atoms with van der Waals surface area (Å²) in [7, 11) is 0.831. The second-order valence-corrected chi connectivity index (χ2v) is 4.01. The largest absolute Gasteiger partial charge is 0.321 e. The molecular formula is C4H8ClNO3S. The van der Waals surface area contributed by atoms with Crippen molar-refractivity contribution >= 4 is 25.8 Å². The number of hydrogen-bond acceptors (Lipinski definition) is 3. The van der Waals surface area contributed by atoms with Crippen molar-refractivity contribution in [1.82, 2.24) is 4.72 Å². The quantitative estimate of drug-likeness (QED) is 0.647. The molecule has 0 aliphatic carbocycles. The number of amides is 1. The molecule has 0 spiro atoms. The first-order valence-electron chi connectivity index (χ1n) is 2.71. The van der Waals surface area contributed by atoms with E-state index < -0.39 is 15.1 Å². The van der Waals surface area contributed by atoms with E-state index in [9.17, 15) is 13.2 Å². The van der Waals surface area contributed by atoms with Gasteiger partial charge in [0.1, 0.15) is 0 Å². The molecule has 10 heavy (non-hydrogen) atoms. The minimum Gasteiger partial charge on any atom is -0.274 e. The number of nitrogens with one attached hydrogen (secondary N) is 1. The Morgan fingerprint density at radius 3 is 2.40 bits per heavy atom. The average molecular weight is 186 g/mol. The van der Waals surface area contributed by atoms with Crippen LogP contribution in [0.3, 0.4) is 0 Å². The molecular weight excluding hydrogens is 178 g/mol. The van der Waals surface area contributed by atoms with Crippen LogP contribution < -0.4 is 4.72 Å². The van der Waals surface area contributed by atoms with Crippen LogP contribution in [0.2, 0.25) is 0 Å². The lowest BCUT2D eigenvalue weighted by atomic mass is 10.3. The molecule has 0 atom stereocenters. The third-order valence-electron chi connectivity index (χ3n) is 0.713. The Morgan fingerprint density at radius 1 is 1.60 bits per heavy atom. The van der Waals surface area contributed by atoms with Gasteiger partial charge in [0.2, 0.25) is 5.91 Å². The van der Waals surface area contributed by atoms with Gasteiger partial charge in [-0.1, -0.05) is 6.92 Å². The second kappa shape index (κ2) is 3.78. The smallest absolute Gasteiger partial charge is 0.274 e. The fraction of sp³-hybridized carbons (Fsp3) is 0.750. The molecule has 0 aliphatic rings. The van der Waals surface area contributed by atoms with E-state index in [2.05, 4.69) is 0 Å². The van der Waals surface area contributed by atoms with Crippen molar-refractivity contribution in [3.05, 3.63) is 0 Å². The molecule has 60 valence electrons. The van der Waals surface area contributed by atoms with E-state index in [1.165, 1.54) is 0 Å². The maximum absolute atomic E-state index is 10.5. The van der Waals surface area contributed by atoms with Crippen molar-refractivity contribution in [3.63, 3.8) is 0 Å². The van der Waals surface area contributed by atoms with Crippen molar-refractivity contribution in [2.24, 2.45) is 0 Å². The van der Waals surface area contributed by atoms with Crippen LogP contribution in [-0.4, -0.2) is 14.3 Å². The molecule has 0 radical (unpaired) electrons. The maximum atomic E-state index is 10.5. The first-order valence-corrected chi connectivity index (χ1v) is 5.02. The van der Waals surface area contributed by atoms with Crippen molar-refractivity contribution < 1.29 is 13.2 Å². The van der Waals surface area contributed by atoms with Gasteiger partial charge in [-0.15, -0.1) is 0 Å². The number of hydrogen-bond donors (Lipinski definition) is 1. The zero-order valence-electron chi connectivity index (χ0n) is 5.43. The van der Waals surface area contributed by atoms with Crippen molar-refractivity contribution in [2.45, 2.75) is 19.8 Å². The van der Waals surface area contributed by atoms with E-state index >= 15 is 0 Å². The summed E-state index contributed by atoms with van der Waals surface area (Å²) in [6.45, 7) is 1.76. The summed E-state index contributed by atoms with van der Waals surface area (Å²) in [6, 6.07) is 0. The first kappa shape index (κ1) is 9.71. The van der Waals surface area contributed by atoms with Gasteiger partial charge in [-0.05, 0) is 6.42 Å². The Hall–Kier alpha value is -0.290. The fourth-order valence-corrected chi connectivity index (χ4v) is 1.05. The highest BCUT2D eigenvalue weighted by molar-refractivity contribution is 8.12. The van der Waals surface area contributed by atoms with Gasteiger partial charge in [0.15, 0.2) is 0 Å². The minimum atomic E-state index is -3.87. The number of carbonyl (C=O) groups is 1. The lowest BCUT2D eigenvalue weighted by Gasteiger charge is -1.96.